The van der Waals surface area contributed by atoms with Gasteiger partial charge in [0.2, 0.25) is 5.91 Å². The lowest BCUT2D eigenvalue weighted by Gasteiger charge is -2.34. The number of benzene rings is 1. The third-order valence-corrected chi connectivity index (χ3v) is 5.18. The first-order chi connectivity index (χ1) is 14.0. The Morgan fingerprint density at radius 2 is 1.79 bits per heavy atom. The number of nitrogens with zero attached hydrogens (tertiary/aromatic N) is 2. The molecule has 1 aromatic carbocycles. The van der Waals surface area contributed by atoms with Crippen molar-refractivity contribution >= 4 is 17.6 Å². The van der Waals surface area contributed by atoms with Crippen molar-refractivity contribution in [2.45, 2.75) is 25.3 Å². The summed E-state index contributed by atoms with van der Waals surface area (Å²) in [5.74, 6) is -0.218. The Morgan fingerprint density at radius 1 is 1.14 bits per heavy atom. The summed E-state index contributed by atoms with van der Waals surface area (Å²) < 4.78 is 12.9. The largest absolute Gasteiger partial charge is 0.354 e. The molecule has 0 radical (unpaired) electrons. The van der Waals surface area contributed by atoms with Gasteiger partial charge < -0.3 is 21.3 Å². The van der Waals surface area contributed by atoms with Crippen LogP contribution in [0.15, 0.2) is 48.8 Å². The minimum absolute atomic E-state index is 0.129. The Hall–Kier alpha value is -3.00. The normalized spacial score (nSPS) is 15.6. The van der Waals surface area contributed by atoms with Crippen LogP contribution in [0.25, 0.3) is 0 Å². The number of urea groups is 1. The van der Waals surface area contributed by atoms with E-state index in [1.165, 1.54) is 12.1 Å². The molecule has 7 nitrogen and oxygen atoms in total. The predicted molar refractivity (Wildman–Crippen MR) is 109 cm³/mol. The SMILES string of the molecule is NC(CNC(=O)Cc1ccc(F)cc1)C1CCN(C(=O)Nc2ccncc2)CC1. The third kappa shape index (κ3) is 6.25. The predicted octanol–water partition coefficient (Wildman–Crippen LogP) is 2.15. The van der Waals surface area contributed by atoms with E-state index in [1.807, 2.05) is 0 Å². The van der Waals surface area contributed by atoms with E-state index in [4.69, 9.17) is 5.73 Å². The van der Waals surface area contributed by atoms with Gasteiger partial charge in [-0.05, 0) is 48.6 Å². The van der Waals surface area contributed by atoms with Crippen molar-refractivity contribution in [2.75, 3.05) is 25.0 Å². The summed E-state index contributed by atoms with van der Waals surface area (Å²) in [5, 5.41) is 5.71. The molecule has 0 aliphatic carbocycles. The van der Waals surface area contributed by atoms with Crippen LogP contribution in [0.4, 0.5) is 14.9 Å². The highest BCUT2D eigenvalue weighted by Crippen LogP contribution is 2.20. The minimum Gasteiger partial charge on any atom is -0.354 e. The summed E-state index contributed by atoms with van der Waals surface area (Å²) in [6.07, 6.45) is 5.04. The molecule has 29 heavy (non-hydrogen) atoms. The summed E-state index contributed by atoms with van der Waals surface area (Å²) in [4.78, 5) is 30.1. The molecular weight excluding hydrogens is 373 g/mol. The summed E-state index contributed by atoms with van der Waals surface area (Å²) in [7, 11) is 0. The van der Waals surface area contributed by atoms with Gasteiger partial charge in [0.15, 0.2) is 0 Å². The molecule has 2 heterocycles. The molecule has 1 aromatic heterocycles. The summed E-state index contributed by atoms with van der Waals surface area (Å²) in [6, 6.07) is 9.07. The van der Waals surface area contributed by atoms with Crippen LogP contribution < -0.4 is 16.4 Å². The number of pyridine rings is 1. The number of nitrogens with one attached hydrogen (secondary N) is 2. The lowest BCUT2D eigenvalue weighted by atomic mass is 9.90. The zero-order chi connectivity index (χ0) is 20.6. The number of rotatable bonds is 6. The Balaban J connectivity index is 1.38. The second-order valence-electron chi connectivity index (χ2n) is 7.26. The highest BCUT2D eigenvalue weighted by molar-refractivity contribution is 5.89. The van der Waals surface area contributed by atoms with Crippen molar-refractivity contribution in [1.29, 1.82) is 0 Å². The molecule has 2 aromatic rings. The van der Waals surface area contributed by atoms with E-state index in [1.54, 1.807) is 41.6 Å². The number of nitrogens with two attached hydrogens (primary N) is 1. The van der Waals surface area contributed by atoms with Crippen LogP contribution in [0.3, 0.4) is 0 Å². The average molecular weight is 399 g/mol. The Kier molecular flexibility index (Phi) is 7.13. The molecule has 1 unspecified atom stereocenters. The minimum atomic E-state index is -0.322. The van der Waals surface area contributed by atoms with E-state index in [2.05, 4.69) is 15.6 Å². The molecule has 3 rings (SSSR count). The number of likely N-dealkylation sites (tertiary alicyclic amines) is 1. The molecule has 3 amide bonds. The fourth-order valence-electron chi connectivity index (χ4n) is 3.42. The lowest BCUT2D eigenvalue weighted by molar-refractivity contribution is -0.120. The topological polar surface area (TPSA) is 100 Å². The molecule has 1 saturated heterocycles. The molecule has 1 aliphatic heterocycles. The van der Waals surface area contributed by atoms with Crippen LogP contribution >= 0.6 is 0 Å². The second-order valence-corrected chi connectivity index (χ2v) is 7.26. The third-order valence-electron chi connectivity index (χ3n) is 5.18. The van der Waals surface area contributed by atoms with E-state index < -0.39 is 0 Å². The van der Waals surface area contributed by atoms with Crippen LogP contribution in [-0.2, 0) is 11.2 Å². The van der Waals surface area contributed by atoms with E-state index in [0.717, 1.165) is 18.4 Å². The Morgan fingerprint density at radius 3 is 2.45 bits per heavy atom. The van der Waals surface area contributed by atoms with Crippen molar-refractivity contribution in [1.82, 2.24) is 15.2 Å². The Bertz CT molecular complexity index is 808. The van der Waals surface area contributed by atoms with Gasteiger partial charge in [-0.15, -0.1) is 0 Å². The number of hydrogen-bond donors (Lipinski definition) is 3. The van der Waals surface area contributed by atoms with Crippen molar-refractivity contribution in [3.05, 3.63) is 60.2 Å². The fraction of sp³-hybridized carbons (Fsp3) is 0.381. The first-order valence-electron chi connectivity index (χ1n) is 9.74. The molecule has 0 spiro atoms. The number of carbonyl (C=O) groups is 2. The molecule has 0 bridgehead atoms. The maximum Gasteiger partial charge on any atom is 0.321 e. The Labute approximate surface area is 169 Å². The first-order valence-corrected chi connectivity index (χ1v) is 9.74. The van der Waals surface area contributed by atoms with Gasteiger partial charge in [-0.1, -0.05) is 12.1 Å². The molecule has 8 heteroatoms. The van der Waals surface area contributed by atoms with Crippen LogP contribution in [-0.4, -0.2) is 47.5 Å². The van der Waals surface area contributed by atoms with E-state index in [9.17, 15) is 14.0 Å². The summed E-state index contributed by atoms with van der Waals surface area (Å²) in [6.45, 7) is 1.63. The smallest absolute Gasteiger partial charge is 0.321 e. The molecule has 1 aliphatic rings. The van der Waals surface area contributed by atoms with Gasteiger partial charge in [0.1, 0.15) is 5.82 Å². The van der Waals surface area contributed by atoms with E-state index in [-0.39, 0.29) is 36.1 Å². The van der Waals surface area contributed by atoms with Gasteiger partial charge >= 0.3 is 6.03 Å². The van der Waals surface area contributed by atoms with Crippen molar-refractivity contribution in [2.24, 2.45) is 11.7 Å². The number of amides is 3. The van der Waals surface area contributed by atoms with Gasteiger partial charge in [-0.2, -0.15) is 0 Å². The maximum atomic E-state index is 12.9. The number of halogens is 1. The van der Waals surface area contributed by atoms with Gasteiger partial charge in [0.05, 0.1) is 6.42 Å². The van der Waals surface area contributed by atoms with E-state index >= 15 is 0 Å². The average Bonchev–Trinajstić information content (AvgIpc) is 2.74. The molecular formula is C21H26FN5O2. The zero-order valence-corrected chi connectivity index (χ0v) is 16.2. The van der Waals surface area contributed by atoms with E-state index in [0.29, 0.717) is 25.3 Å². The molecule has 1 fully saturated rings. The van der Waals surface area contributed by atoms with Crippen LogP contribution in [0.2, 0.25) is 0 Å². The highest BCUT2D eigenvalue weighted by atomic mass is 19.1. The van der Waals surface area contributed by atoms with Crippen molar-refractivity contribution < 1.29 is 14.0 Å². The standard InChI is InChI=1S/C21H26FN5O2/c22-17-3-1-15(2-4-17)13-20(28)25-14-19(23)16-7-11-27(12-8-16)21(29)26-18-5-9-24-10-6-18/h1-6,9-10,16,19H,7-8,11-14,23H2,(H,25,28)(H,24,26,29). The van der Waals surface area contributed by atoms with Gasteiger partial charge in [0, 0.05) is 43.8 Å². The van der Waals surface area contributed by atoms with Gasteiger partial charge in [0.25, 0.3) is 0 Å². The monoisotopic (exact) mass is 399 g/mol. The number of anilines is 1. The van der Waals surface area contributed by atoms with Crippen LogP contribution in [0, 0.1) is 11.7 Å². The lowest BCUT2D eigenvalue weighted by Crippen LogP contribution is -2.48. The van der Waals surface area contributed by atoms with Gasteiger partial charge in [-0.25, -0.2) is 9.18 Å². The number of hydrogen-bond acceptors (Lipinski definition) is 4. The molecule has 1 atom stereocenters. The quantitative estimate of drug-likeness (QED) is 0.693. The molecule has 0 saturated carbocycles. The number of aromatic nitrogens is 1. The second kappa shape index (κ2) is 9.97. The molecule has 4 N–H and O–H groups in total. The van der Waals surface area contributed by atoms with Crippen LogP contribution in [0.1, 0.15) is 18.4 Å². The van der Waals surface area contributed by atoms with Crippen LogP contribution in [0.5, 0.6) is 0 Å². The van der Waals surface area contributed by atoms with Gasteiger partial charge in [-0.3, -0.25) is 9.78 Å². The maximum absolute atomic E-state index is 12.9. The summed E-state index contributed by atoms with van der Waals surface area (Å²) in [5.41, 5.74) is 7.74. The summed E-state index contributed by atoms with van der Waals surface area (Å²) >= 11 is 0. The molecule has 154 valence electrons. The number of carbonyl (C=O) groups excluding carboxylic acids is 2. The zero-order valence-electron chi connectivity index (χ0n) is 16.2. The first kappa shape index (κ1) is 20.7. The van der Waals surface area contributed by atoms with Crippen molar-refractivity contribution in [3.63, 3.8) is 0 Å². The highest BCUT2D eigenvalue weighted by Gasteiger charge is 2.27. The number of piperidine rings is 1. The fourth-order valence-corrected chi connectivity index (χ4v) is 3.42. The van der Waals surface area contributed by atoms with Crippen molar-refractivity contribution in [3.8, 4) is 0 Å².